The molecule has 0 aromatic heterocycles. The summed E-state index contributed by atoms with van der Waals surface area (Å²) in [6.07, 6.45) is -19.1. The minimum Gasteiger partial charge on any atom is -0.394 e. The average Bonchev–Trinajstić information content (AvgIpc) is 2.90. The number of aliphatic hydroxyl groups is 8. The molecule has 1 aliphatic carbocycles. The molecule has 3 aliphatic rings. The average molecular weight is 585 g/mol. The largest absolute Gasteiger partial charge is 0.394 e. The van der Waals surface area contributed by atoms with Gasteiger partial charge in [-0.3, -0.25) is 9.59 Å². The van der Waals surface area contributed by atoms with Gasteiger partial charge in [-0.25, -0.2) is 0 Å². The number of nitrogens with one attached hydrogen (secondary N) is 2. The predicted molar refractivity (Wildman–Crippen MR) is 128 cm³/mol. The third-order valence-corrected chi connectivity index (χ3v) is 7.30. The van der Waals surface area contributed by atoms with Gasteiger partial charge >= 0.3 is 0 Å². The predicted octanol–water partition coefficient (Wildman–Crippen LogP) is -7.97. The van der Waals surface area contributed by atoms with Crippen molar-refractivity contribution in [3.05, 3.63) is 0 Å². The third kappa shape index (κ3) is 6.71. The zero-order chi connectivity index (χ0) is 30.0. The van der Waals surface area contributed by atoms with Crippen molar-refractivity contribution in [3.63, 3.8) is 0 Å². The molecule has 2 heterocycles. The highest BCUT2D eigenvalue weighted by atomic mass is 16.7. The lowest BCUT2D eigenvalue weighted by Crippen LogP contribution is -2.75. The Kier molecular flexibility index (Phi) is 11.2. The highest BCUT2D eigenvalue weighted by molar-refractivity contribution is 5.74. The fourth-order valence-corrected chi connectivity index (χ4v) is 5.12. The number of hydrogen-bond donors (Lipinski definition) is 12. The molecule has 2 aliphatic heterocycles. The minimum atomic E-state index is -1.85. The summed E-state index contributed by atoms with van der Waals surface area (Å²) in [5, 5.41) is 87.7. The van der Waals surface area contributed by atoms with Crippen LogP contribution >= 0.6 is 0 Å². The van der Waals surface area contributed by atoms with Crippen LogP contribution in [0.1, 0.15) is 13.8 Å². The topological polar surface area (TPSA) is 309 Å². The quantitative estimate of drug-likeness (QED) is 0.126. The molecule has 3 fully saturated rings. The van der Waals surface area contributed by atoms with E-state index in [2.05, 4.69) is 10.6 Å². The van der Waals surface area contributed by atoms with Crippen LogP contribution in [0.15, 0.2) is 0 Å². The van der Waals surface area contributed by atoms with Crippen molar-refractivity contribution < 1.29 is 69.4 Å². The summed E-state index contributed by atoms with van der Waals surface area (Å²) in [6, 6.07) is -5.66. The first-order valence-electron chi connectivity index (χ1n) is 12.7. The molecule has 0 aromatic rings. The first-order valence-corrected chi connectivity index (χ1v) is 12.7. The van der Waals surface area contributed by atoms with Crippen molar-refractivity contribution in [1.82, 2.24) is 10.6 Å². The van der Waals surface area contributed by atoms with Crippen LogP contribution in [-0.2, 0) is 28.5 Å². The Labute approximate surface area is 228 Å². The Bertz CT molecular complexity index is 803. The standard InChI is InChI=1S/C22H40N4O14/c1-5(29)25-11-17(35)12(26-6(2)30)20(40-22-16(34)9(23)13(31)7(3-27)38-22)18(36)19(11)39-21-10(24)15(33)14(32)8(4-28)37-21/h7-22,27-28,31-36H,3-4,23-24H2,1-2H3,(H,25,29)(H,26,30)/t7-,8-,9+,10-,11+,12-,13-,14-,15-,16-,17+,18+,19-,20+,21-,22-/m1/s1. The second-order valence-corrected chi connectivity index (χ2v) is 10.2. The van der Waals surface area contributed by atoms with Gasteiger partial charge in [0.1, 0.15) is 54.9 Å². The molecule has 18 nitrogen and oxygen atoms in total. The molecule has 232 valence electrons. The molecular weight excluding hydrogens is 544 g/mol. The summed E-state index contributed by atoms with van der Waals surface area (Å²) in [5.41, 5.74) is 11.8. The van der Waals surface area contributed by atoms with Crippen molar-refractivity contribution in [1.29, 1.82) is 0 Å². The van der Waals surface area contributed by atoms with Crippen molar-refractivity contribution in [2.24, 2.45) is 11.5 Å². The maximum atomic E-state index is 12.0. The summed E-state index contributed by atoms with van der Waals surface area (Å²) in [7, 11) is 0. The van der Waals surface area contributed by atoms with Crippen LogP contribution in [0.2, 0.25) is 0 Å². The van der Waals surface area contributed by atoms with Gasteiger partial charge in [0.05, 0.1) is 43.5 Å². The van der Waals surface area contributed by atoms with Crippen LogP contribution in [0.3, 0.4) is 0 Å². The Morgan fingerprint density at radius 2 is 1.10 bits per heavy atom. The van der Waals surface area contributed by atoms with E-state index in [1.165, 1.54) is 0 Å². The molecule has 0 unspecified atom stereocenters. The van der Waals surface area contributed by atoms with Gasteiger partial charge in [-0.15, -0.1) is 0 Å². The van der Waals surface area contributed by atoms with E-state index in [1.807, 2.05) is 0 Å². The Morgan fingerprint density at radius 3 is 1.57 bits per heavy atom. The molecule has 14 N–H and O–H groups in total. The van der Waals surface area contributed by atoms with Gasteiger partial charge in [0.2, 0.25) is 11.8 Å². The molecule has 16 atom stereocenters. The maximum absolute atomic E-state index is 12.0. The number of carbonyl (C=O) groups is 2. The molecule has 0 bridgehead atoms. The van der Waals surface area contributed by atoms with E-state index in [9.17, 15) is 50.4 Å². The summed E-state index contributed by atoms with van der Waals surface area (Å²) in [6.45, 7) is 0.786. The van der Waals surface area contributed by atoms with Gasteiger partial charge in [-0.1, -0.05) is 0 Å². The molecule has 1 saturated carbocycles. The lowest BCUT2D eigenvalue weighted by Gasteiger charge is -2.51. The van der Waals surface area contributed by atoms with E-state index >= 15 is 0 Å². The van der Waals surface area contributed by atoms with Gasteiger partial charge in [0, 0.05) is 13.8 Å². The van der Waals surface area contributed by atoms with Crippen LogP contribution in [-0.4, -0.2) is 164 Å². The fourth-order valence-electron chi connectivity index (χ4n) is 5.12. The maximum Gasteiger partial charge on any atom is 0.217 e. The van der Waals surface area contributed by atoms with Gasteiger partial charge in [0.25, 0.3) is 0 Å². The van der Waals surface area contributed by atoms with E-state index in [0.717, 1.165) is 13.8 Å². The summed E-state index contributed by atoms with van der Waals surface area (Å²) in [4.78, 5) is 24.0. The molecule has 2 saturated heterocycles. The molecule has 0 spiro atoms. The summed E-state index contributed by atoms with van der Waals surface area (Å²) < 4.78 is 22.5. The highest BCUT2D eigenvalue weighted by Gasteiger charge is 2.56. The molecule has 2 amide bonds. The highest BCUT2D eigenvalue weighted by Crippen LogP contribution is 2.32. The Morgan fingerprint density at radius 1 is 0.650 bits per heavy atom. The number of nitrogens with two attached hydrogens (primary N) is 2. The molecular formula is C22H40N4O14. The fraction of sp³-hybridized carbons (Fsp3) is 0.909. The summed E-state index contributed by atoms with van der Waals surface area (Å²) in [5.74, 6) is -1.34. The van der Waals surface area contributed by atoms with E-state index in [0.29, 0.717) is 0 Å². The lowest BCUT2D eigenvalue weighted by atomic mass is 9.80. The number of rotatable bonds is 8. The molecule has 0 aromatic carbocycles. The number of ether oxygens (including phenoxy) is 4. The van der Waals surface area contributed by atoms with Crippen LogP contribution in [0.25, 0.3) is 0 Å². The Hall–Kier alpha value is -1.62. The normalized spacial score (nSPS) is 47.9. The number of carbonyl (C=O) groups excluding carboxylic acids is 2. The number of aliphatic hydroxyl groups excluding tert-OH is 8. The smallest absolute Gasteiger partial charge is 0.217 e. The van der Waals surface area contributed by atoms with E-state index < -0.39 is 123 Å². The Balaban J connectivity index is 1.96. The molecule has 0 radical (unpaired) electrons. The first kappa shape index (κ1) is 32.9. The second kappa shape index (κ2) is 13.6. The van der Waals surface area contributed by atoms with Crippen molar-refractivity contribution in [3.8, 4) is 0 Å². The molecule has 40 heavy (non-hydrogen) atoms. The minimum absolute atomic E-state index is 0.667. The van der Waals surface area contributed by atoms with Gasteiger partial charge < -0.3 is 81.9 Å². The lowest BCUT2D eigenvalue weighted by molar-refractivity contribution is -0.327. The SMILES string of the molecule is CC(=O)N[C@@H]1[C@@H](O)[C@H](NC(C)=O)[C@@H](O[C@H]2O[C@H](CO)[C@@H](O)[C@H](O)[C@H]2N)[C@H](O)[C@H]1O[C@H]1O[C@H](CO)[C@@H](O)[C@H](N)[C@H]1O. The van der Waals surface area contributed by atoms with Crippen LogP contribution in [0.5, 0.6) is 0 Å². The zero-order valence-corrected chi connectivity index (χ0v) is 21.8. The van der Waals surface area contributed by atoms with E-state index in [4.69, 9.17) is 30.4 Å². The van der Waals surface area contributed by atoms with Gasteiger partial charge in [-0.2, -0.15) is 0 Å². The van der Waals surface area contributed by atoms with Crippen LogP contribution in [0, 0.1) is 0 Å². The van der Waals surface area contributed by atoms with Gasteiger partial charge in [0.15, 0.2) is 12.6 Å². The second-order valence-electron chi connectivity index (χ2n) is 10.2. The van der Waals surface area contributed by atoms with E-state index in [-0.39, 0.29) is 0 Å². The van der Waals surface area contributed by atoms with Crippen LogP contribution in [0.4, 0.5) is 0 Å². The first-order chi connectivity index (χ1) is 18.7. The number of hydrogen-bond acceptors (Lipinski definition) is 16. The number of amides is 2. The van der Waals surface area contributed by atoms with Crippen molar-refractivity contribution in [2.45, 2.75) is 112 Å². The van der Waals surface area contributed by atoms with E-state index in [1.54, 1.807) is 0 Å². The van der Waals surface area contributed by atoms with Crippen molar-refractivity contribution in [2.75, 3.05) is 13.2 Å². The summed E-state index contributed by atoms with van der Waals surface area (Å²) >= 11 is 0. The zero-order valence-electron chi connectivity index (χ0n) is 21.8. The van der Waals surface area contributed by atoms with Gasteiger partial charge in [-0.05, 0) is 0 Å². The van der Waals surface area contributed by atoms with Crippen molar-refractivity contribution >= 4 is 11.8 Å². The van der Waals surface area contributed by atoms with Crippen LogP contribution < -0.4 is 22.1 Å². The monoisotopic (exact) mass is 584 g/mol. The third-order valence-electron chi connectivity index (χ3n) is 7.30. The molecule has 18 heteroatoms. The molecule has 3 rings (SSSR count).